The van der Waals surface area contributed by atoms with Crippen molar-refractivity contribution in [2.24, 2.45) is 0 Å². The molecule has 1 aliphatic heterocycles. The number of thioether (sulfide) groups is 1. The SMILES string of the molecule is CSc1ccc(NC(=O)N(C[C@@H]2CCC(=O)N2)C(C)C)cc1. The fourth-order valence-corrected chi connectivity index (χ4v) is 2.86. The number of hydrogen-bond donors (Lipinski definition) is 2. The zero-order valence-corrected chi connectivity index (χ0v) is 14.1. The first-order valence-electron chi connectivity index (χ1n) is 7.50. The quantitative estimate of drug-likeness (QED) is 0.820. The van der Waals surface area contributed by atoms with Crippen molar-refractivity contribution in [3.63, 3.8) is 0 Å². The Kier molecular flexibility index (Phi) is 5.71. The van der Waals surface area contributed by atoms with Gasteiger partial charge in [-0.05, 0) is 50.8 Å². The van der Waals surface area contributed by atoms with Gasteiger partial charge in [0.1, 0.15) is 0 Å². The number of urea groups is 1. The van der Waals surface area contributed by atoms with E-state index in [9.17, 15) is 9.59 Å². The van der Waals surface area contributed by atoms with Crippen LogP contribution in [0.3, 0.4) is 0 Å². The summed E-state index contributed by atoms with van der Waals surface area (Å²) in [5, 5.41) is 5.83. The Morgan fingerprint density at radius 2 is 2.09 bits per heavy atom. The minimum Gasteiger partial charge on any atom is -0.352 e. The van der Waals surface area contributed by atoms with Crippen molar-refractivity contribution in [2.75, 3.05) is 18.1 Å². The average Bonchev–Trinajstić information content (AvgIpc) is 2.90. The summed E-state index contributed by atoms with van der Waals surface area (Å²) in [6.45, 7) is 4.50. The summed E-state index contributed by atoms with van der Waals surface area (Å²) in [5.74, 6) is 0.0711. The van der Waals surface area contributed by atoms with Crippen LogP contribution in [-0.2, 0) is 4.79 Å². The van der Waals surface area contributed by atoms with E-state index in [2.05, 4.69) is 10.6 Å². The summed E-state index contributed by atoms with van der Waals surface area (Å²) in [6, 6.07) is 7.77. The summed E-state index contributed by atoms with van der Waals surface area (Å²) in [5.41, 5.74) is 0.781. The molecule has 1 fully saturated rings. The molecule has 0 saturated carbocycles. The van der Waals surface area contributed by atoms with E-state index in [1.165, 1.54) is 0 Å². The van der Waals surface area contributed by atoms with E-state index in [-0.39, 0.29) is 24.0 Å². The lowest BCUT2D eigenvalue weighted by molar-refractivity contribution is -0.119. The molecule has 1 saturated heterocycles. The third-order valence-electron chi connectivity index (χ3n) is 3.73. The molecule has 0 unspecified atom stereocenters. The molecule has 0 aromatic heterocycles. The first-order chi connectivity index (χ1) is 10.5. The van der Waals surface area contributed by atoms with Crippen LogP contribution >= 0.6 is 11.8 Å². The Morgan fingerprint density at radius 1 is 1.41 bits per heavy atom. The van der Waals surface area contributed by atoms with Gasteiger partial charge in [0.2, 0.25) is 5.91 Å². The Morgan fingerprint density at radius 3 is 2.59 bits per heavy atom. The van der Waals surface area contributed by atoms with Crippen LogP contribution in [0.15, 0.2) is 29.2 Å². The molecule has 1 atom stereocenters. The molecule has 0 radical (unpaired) electrons. The van der Waals surface area contributed by atoms with Crippen molar-refractivity contribution in [1.82, 2.24) is 10.2 Å². The molecule has 0 bridgehead atoms. The maximum Gasteiger partial charge on any atom is 0.322 e. The number of benzene rings is 1. The van der Waals surface area contributed by atoms with Gasteiger partial charge in [0, 0.05) is 35.6 Å². The highest BCUT2D eigenvalue weighted by Crippen LogP contribution is 2.18. The van der Waals surface area contributed by atoms with Crippen LogP contribution < -0.4 is 10.6 Å². The van der Waals surface area contributed by atoms with E-state index in [0.29, 0.717) is 13.0 Å². The highest BCUT2D eigenvalue weighted by atomic mass is 32.2. The fraction of sp³-hybridized carbons (Fsp3) is 0.500. The molecule has 1 heterocycles. The smallest absolute Gasteiger partial charge is 0.322 e. The van der Waals surface area contributed by atoms with Gasteiger partial charge in [-0.25, -0.2) is 4.79 Å². The molecule has 2 N–H and O–H groups in total. The van der Waals surface area contributed by atoms with Crippen LogP contribution in [0, 0.1) is 0 Å². The first-order valence-corrected chi connectivity index (χ1v) is 8.73. The van der Waals surface area contributed by atoms with Crippen molar-refractivity contribution < 1.29 is 9.59 Å². The number of nitrogens with one attached hydrogen (secondary N) is 2. The zero-order chi connectivity index (χ0) is 16.1. The summed E-state index contributed by atoms with van der Waals surface area (Å²) < 4.78 is 0. The van der Waals surface area contributed by atoms with Crippen molar-refractivity contribution in [2.45, 2.75) is 43.7 Å². The van der Waals surface area contributed by atoms with Gasteiger partial charge in [0.25, 0.3) is 0 Å². The lowest BCUT2D eigenvalue weighted by atomic mass is 10.2. The highest BCUT2D eigenvalue weighted by Gasteiger charge is 2.26. The molecule has 0 spiro atoms. The summed E-state index contributed by atoms with van der Waals surface area (Å²) >= 11 is 1.67. The Balaban J connectivity index is 1.97. The van der Waals surface area contributed by atoms with Crippen LogP contribution in [0.25, 0.3) is 0 Å². The van der Waals surface area contributed by atoms with E-state index in [1.54, 1.807) is 16.7 Å². The predicted molar refractivity (Wildman–Crippen MR) is 90.2 cm³/mol. The molecule has 22 heavy (non-hydrogen) atoms. The van der Waals surface area contributed by atoms with Gasteiger partial charge in [-0.3, -0.25) is 4.79 Å². The normalized spacial score (nSPS) is 17.5. The lowest BCUT2D eigenvalue weighted by Crippen LogP contribution is -2.47. The predicted octanol–water partition coefficient (Wildman–Crippen LogP) is 2.93. The van der Waals surface area contributed by atoms with Crippen LogP contribution in [0.1, 0.15) is 26.7 Å². The molecule has 1 aromatic rings. The second kappa shape index (κ2) is 7.54. The van der Waals surface area contributed by atoms with Gasteiger partial charge in [-0.1, -0.05) is 0 Å². The monoisotopic (exact) mass is 321 g/mol. The minimum atomic E-state index is -0.131. The fourth-order valence-electron chi connectivity index (χ4n) is 2.45. The van der Waals surface area contributed by atoms with Gasteiger partial charge in [0.05, 0.1) is 0 Å². The third-order valence-corrected chi connectivity index (χ3v) is 4.47. The van der Waals surface area contributed by atoms with Gasteiger partial charge >= 0.3 is 6.03 Å². The van der Waals surface area contributed by atoms with Crippen molar-refractivity contribution in [3.05, 3.63) is 24.3 Å². The Hall–Kier alpha value is -1.69. The van der Waals surface area contributed by atoms with Crippen LogP contribution in [0.4, 0.5) is 10.5 Å². The zero-order valence-electron chi connectivity index (χ0n) is 13.3. The molecule has 120 valence electrons. The summed E-state index contributed by atoms with van der Waals surface area (Å²) in [6.07, 6.45) is 3.36. The molecule has 1 aromatic carbocycles. The highest BCUT2D eigenvalue weighted by molar-refractivity contribution is 7.98. The molecule has 3 amide bonds. The van der Waals surface area contributed by atoms with E-state index >= 15 is 0 Å². The summed E-state index contributed by atoms with van der Waals surface area (Å²) in [7, 11) is 0. The number of anilines is 1. The third kappa shape index (κ3) is 4.40. The first kappa shape index (κ1) is 16.7. The van der Waals surface area contributed by atoms with Gasteiger partial charge < -0.3 is 15.5 Å². The number of rotatable bonds is 5. The minimum absolute atomic E-state index is 0.0551. The largest absolute Gasteiger partial charge is 0.352 e. The van der Waals surface area contributed by atoms with Gasteiger partial charge in [-0.2, -0.15) is 0 Å². The van der Waals surface area contributed by atoms with Crippen molar-refractivity contribution in [3.8, 4) is 0 Å². The van der Waals surface area contributed by atoms with Crippen LogP contribution in [0.2, 0.25) is 0 Å². The van der Waals surface area contributed by atoms with Crippen molar-refractivity contribution >= 4 is 29.4 Å². The lowest BCUT2D eigenvalue weighted by Gasteiger charge is -2.29. The second-order valence-electron chi connectivity index (χ2n) is 5.71. The molecular formula is C16H23N3O2S. The van der Waals surface area contributed by atoms with E-state index in [0.717, 1.165) is 17.0 Å². The summed E-state index contributed by atoms with van der Waals surface area (Å²) in [4.78, 5) is 26.7. The van der Waals surface area contributed by atoms with Crippen LogP contribution in [-0.4, -0.2) is 41.7 Å². The number of amides is 3. The molecular weight excluding hydrogens is 298 g/mol. The molecule has 2 rings (SSSR count). The molecule has 5 nitrogen and oxygen atoms in total. The standard InChI is InChI=1S/C16H23N3O2S/c1-11(2)19(10-13-6-9-15(20)17-13)16(21)18-12-4-7-14(22-3)8-5-12/h4-5,7-8,11,13H,6,9-10H2,1-3H3,(H,17,20)(H,18,21)/t13-/m0/s1. The van der Waals surface area contributed by atoms with Crippen molar-refractivity contribution in [1.29, 1.82) is 0 Å². The van der Waals surface area contributed by atoms with Crippen LogP contribution in [0.5, 0.6) is 0 Å². The Bertz CT molecular complexity index is 531. The topological polar surface area (TPSA) is 61.4 Å². The maximum atomic E-state index is 12.5. The molecule has 6 heteroatoms. The number of carbonyl (C=O) groups excluding carboxylic acids is 2. The van der Waals surface area contributed by atoms with Gasteiger partial charge in [-0.15, -0.1) is 11.8 Å². The Labute approximate surface area is 135 Å². The van der Waals surface area contributed by atoms with Gasteiger partial charge in [0.15, 0.2) is 0 Å². The number of carbonyl (C=O) groups is 2. The van der Waals surface area contributed by atoms with E-state index < -0.39 is 0 Å². The van der Waals surface area contributed by atoms with E-state index in [1.807, 2.05) is 44.4 Å². The van der Waals surface area contributed by atoms with E-state index in [4.69, 9.17) is 0 Å². The second-order valence-corrected chi connectivity index (χ2v) is 6.59. The molecule has 1 aliphatic rings. The molecule has 0 aliphatic carbocycles. The maximum absolute atomic E-state index is 12.5. The number of hydrogen-bond acceptors (Lipinski definition) is 3. The average molecular weight is 321 g/mol. The number of nitrogens with zero attached hydrogens (tertiary/aromatic N) is 1.